The van der Waals surface area contributed by atoms with E-state index in [1.165, 1.54) is 13.2 Å². The summed E-state index contributed by atoms with van der Waals surface area (Å²) in [7, 11) is -2.32. The number of hydrogen-bond acceptors (Lipinski definition) is 9. The summed E-state index contributed by atoms with van der Waals surface area (Å²) in [6, 6.07) is 3.02. The Balaban J connectivity index is 1.76. The zero-order chi connectivity index (χ0) is 26.5. The maximum atomic E-state index is 13.6. The lowest BCUT2D eigenvalue weighted by molar-refractivity contribution is -0.149. The number of pyridine rings is 1. The van der Waals surface area contributed by atoms with E-state index >= 15 is 0 Å². The standard InChI is InChI=1S/C22H29F3N6O4S/c1-4-35-20(32)14-7-9-16(10-8-14)29-21-28-13-17(22(23,24)25)18(30-21)27-12-15-6-5-11-26-19(15)31(2)36(3,33)34/h5-6,11,13-14,16H,4,7-10,12H2,1-3H3,(H2,27,28,29,30)/t14-,16+. The van der Waals surface area contributed by atoms with Crippen molar-refractivity contribution in [3.63, 3.8) is 0 Å². The van der Waals surface area contributed by atoms with Crippen LogP contribution in [0.1, 0.15) is 43.7 Å². The van der Waals surface area contributed by atoms with Crippen LogP contribution in [0.3, 0.4) is 0 Å². The fourth-order valence-electron chi connectivity index (χ4n) is 3.90. The molecule has 0 bridgehead atoms. The van der Waals surface area contributed by atoms with Crippen LogP contribution in [0, 0.1) is 5.92 Å². The fraction of sp³-hybridized carbons (Fsp3) is 0.545. The summed E-state index contributed by atoms with van der Waals surface area (Å²) in [6.07, 6.45) is 0.823. The number of sulfonamides is 1. The smallest absolute Gasteiger partial charge is 0.421 e. The number of aromatic nitrogens is 3. The van der Waals surface area contributed by atoms with E-state index in [4.69, 9.17) is 4.74 Å². The summed E-state index contributed by atoms with van der Waals surface area (Å²) < 4.78 is 70.8. The number of esters is 1. The highest BCUT2D eigenvalue weighted by Crippen LogP contribution is 2.35. The Hall–Kier alpha value is -3.16. The zero-order valence-electron chi connectivity index (χ0n) is 20.2. The Morgan fingerprint density at radius 1 is 1.22 bits per heavy atom. The number of hydrogen-bond donors (Lipinski definition) is 2. The van der Waals surface area contributed by atoms with Crippen LogP contribution in [-0.2, 0) is 32.3 Å². The Morgan fingerprint density at radius 2 is 1.92 bits per heavy atom. The number of anilines is 3. The second-order valence-corrected chi connectivity index (χ2v) is 10.5. The minimum Gasteiger partial charge on any atom is -0.466 e. The molecule has 0 unspecified atom stereocenters. The topological polar surface area (TPSA) is 126 Å². The number of nitrogens with zero attached hydrogens (tertiary/aromatic N) is 4. The molecule has 10 nitrogen and oxygen atoms in total. The molecule has 2 aromatic heterocycles. The van der Waals surface area contributed by atoms with Crippen LogP contribution in [0.4, 0.5) is 30.8 Å². The van der Waals surface area contributed by atoms with Crippen LogP contribution < -0.4 is 14.9 Å². The summed E-state index contributed by atoms with van der Waals surface area (Å²) in [6.45, 7) is 1.90. The molecule has 0 amide bonds. The first-order chi connectivity index (χ1) is 16.9. The van der Waals surface area contributed by atoms with Crippen molar-refractivity contribution in [2.45, 2.75) is 51.4 Å². The van der Waals surface area contributed by atoms with Gasteiger partial charge in [-0.1, -0.05) is 6.07 Å². The molecule has 1 saturated carbocycles. The van der Waals surface area contributed by atoms with Gasteiger partial charge in [0.15, 0.2) is 0 Å². The molecule has 0 atom stereocenters. The van der Waals surface area contributed by atoms with Crippen molar-refractivity contribution in [2.75, 3.05) is 34.8 Å². The first kappa shape index (κ1) is 27.4. The number of rotatable bonds is 9. The predicted octanol–water partition coefficient (Wildman–Crippen LogP) is 3.43. The molecule has 1 fully saturated rings. The lowest BCUT2D eigenvalue weighted by atomic mass is 9.86. The van der Waals surface area contributed by atoms with Gasteiger partial charge in [-0.05, 0) is 38.7 Å². The number of halogens is 3. The average Bonchev–Trinajstić information content (AvgIpc) is 2.82. The minimum absolute atomic E-state index is 0.0183. The van der Waals surface area contributed by atoms with Gasteiger partial charge >= 0.3 is 12.1 Å². The maximum Gasteiger partial charge on any atom is 0.421 e. The maximum absolute atomic E-state index is 13.6. The van der Waals surface area contributed by atoms with E-state index in [1.54, 1.807) is 19.1 Å². The molecule has 0 aliphatic heterocycles. The molecule has 2 aromatic rings. The monoisotopic (exact) mass is 530 g/mol. The van der Waals surface area contributed by atoms with E-state index < -0.39 is 27.6 Å². The van der Waals surface area contributed by atoms with Gasteiger partial charge < -0.3 is 15.4 Å². The molecule has 198 valence electrons. The van der Waals surface area contributed by atoms with Crippen molar-refractivity contribution >= 4 is 33.6 Å². The van der Waals surface area contributed by atoms with E-state index in [0.29, 0.717) is 44.1 Å². The molecule has 1 aliphatic rings. The molecule has 36 heavy (non-hydrogen) atoms. The van der Waals surface area contributed by atoms with E-state index in [2.05, 4.69) is 25.6 Å². The van der Waals surface area contributed by atoms with Crippen molar-refractivity contribution in [1.29, 1.82) is 0 Å². The molecule has 2 N–H and O–H groups in total. The Labute approximate surface area is 207 Å². The zero-order valence-corrected chi connectivity index (χ0v) is 21.0. The summed E-state index contributed by atoms with van der Waals surface area (Å²) in [4.78, 5) is 23.9. The van der Waals surface area contributed by atoms with E-state index in [1.807, 2.05) is 0 Å². The predicted molar refractivity (Wildman–Crippen MR) is 128 cm³/mol. The van der Waals surface area contributed by atoms with Crippen molar-refractivity contribution in [3.8, 4) is 0 Å². The molecule has 3 rings (SSSR count). The van der Waals surface area contributed by atoms with Gasteiger partial charge in [0.25, 0.3) is 0 Å². The largest absolute Gasteiger partial charge is 0.466 e. The van der Waals surface area contributed by atoms with Crippen LogP contribution >= 0.6 is 0 Å². The number of nitrogens with one attached hydrogen (secondary N) is 2. The van der Waals surface area contributed by atoms with Gasteiger partial charge in [-0.15, -0.1) is 0 Å². The molecule has 0 radical (unpaired) electrons. The quantitative estimate of drug-likeness (QED) is 0.469. The third-order valence-electron chi connectivity index (χ3n) is 5.88. The number of ether oxygens (including phenoxy) is 1. The van der Waals surface area contributed by atoms with Gasteiger partial charge in [0.1, 0.15) is 17.2 Å². The number of carbonyl (C=O) groups excluding carboxylic acids is 1. The fourth-order valence-corrected chi connectivity index (χ4v) is 4.38. The third-order valence-corrected chi connectivity index (χ3v) is 7.05. The van der Waals surface area contributed by atoms with Gasteiger partial charge in [0, 0.05) is 37.6 Å². The van der Waals surface area contributed by atoms with Crippen molar-refractivity contribution in [2.24, 2.45) is 5.92 Å². The van der Waals surface area contributed by atoms with Crippen LogP contribution in [0.2, 0.25) is 0 Å². The van der Waals surface area contributed by atoms with Crippen molar-refractivity contribution in [1.82, 2.24) is 15.0 Å². The molecule has 0 saturated heterocycles. The Morgan fingerprint density at radius 3 is 2.53 bits per heavy atom. The Kier molecular flexibility index (Phi) is 8.59. The summed E-state index contributed by atoms with van der Waals surface area (Å²) in [5.74, 6) is -0.759. The lowest BCUT2D eigenvalue weighted by Gasteiger charge is -2.28. The molecular weight excluding hydrogens is 501 g/mol. The normalized spacial score (nSPS) is 18.4. The van der Waals surface area contributed by atoms with Gasteiger partial charge in [0.2, 0.25) is 16.0 Å². The van der Waals surface area contributed by atoms with E-state index in [-0.39, 0.29) is 36.2 Å². The summed E-state index contributed by atoms with van der Waals surface area (Å²) in [5.41, 5.74) is -0.690. The molecule has 0 spiro atoms. The van der Waals surface area contributed by atoms with Crippen LogP contribution in [0.5, 0.6) is 0 Å². The molecule has 2 heterocycles. The van der Waals surface area contributed by atoms with Crippen molar-refractivity contribution < 1.29 is 31.1 Å². The second kappa shape index (κ2) is 11.3. The molecular formula is C22H29F3N6O4S. The SMILES string of the molecule is CCOC(=O)[C@H]1CC[C@@H](Nc2ncc(C(F)(F)F)c(NCc3cccnc3N(C)S(C)(=O)=O)n2)CC1. The highest BCUT2D eigenvalue weighted by Gasteiger charge is 2.36. The highest BCUT2D eigenvalue weighted by atomic mass is 32.2. The summed E-state index contributed by atoms with van der Waals surface area (Å²) in [5, 5.41) is 5.72. The van der Waals surface area contributed by atoms with Crippen LogP contribution in [0.25, 0.3) is 0 Å². The van der Waals surface area contributed by atoms with Gasteiger partial charge in [-0.3, -0.25) is 9.10 Å². The first-order valence-electron chi connectivity index (χ1n) is 11.4. The van der Waals surface area contributed by atoms with Gasteiger partial charge in [-0.25, -0.2) is 18.4 Å². The highest BCUT2D eigenvalue weighted by molar-refractivity contribution is 7.92. The second-order valence-electron chi connectivity index (χ2n) is 8.47. The number of alkyl halides is 3. The molecule has 14 heteroatoms. The summed E-state index contributed by atoms with van der Waals surface area (Å²) >= 11 is 0. The first-order valence-corrected chi connectivity index (χ1v) is 13.2. The molecule has 0 aromatic carbocycles. The van der Waals surface area contributed by atoms with Crippen LogP contribution in [0.15, 0.2) is 24.5 Å². The lowest BCUT2D eigenvalue weighted by Crippen LogP contribution is -2.31. The van der Waals surface area contributed by atoms with E-state index in [9.17, 15) is 26.4 Å². The third kappa shape index (κ3) is 6.95. The Bertz CT molecular complexity index is 1170. The van der Waals surface area contributed by atoms with Gasteiger partial charge in [-0.2, -0.15) is 18.2 Å². The van der Waals surface area contributed by atoms with Crippen LogP contribution in [-0.4, -0.2) is 55.3 Å². The average molecular weight is 531 g/mol. The van der Waals surface area contributed by atoms with Gasteiger partial charge in [0.05, 0.1) is 18.8 Å². The van der Waals surface area contributed by atoms with E-state index in [0.717, 1.165) is 10.6 Å². The van der Waals surface area contributed by atoms with Crippen molar-refractivity contribution in [3.05, 3.63) is 35.7 Å². The minimum atomic E-state index is -4.71. The molecule has 1 aliphatic carbocycles. The number of carbonyl (C=O) groups is 1.